The van der Waals surface area contributed by atoms with Gasteiger partial charge in [0.1, 0.15) is 0 Å². The number of aliphatic hydroxyl groups is 1. The summed E-state index contributed by atoms with van der Waals surface area (Å²) in [6, 6.07) is 1.85. The molecule has 0 aliphatic heterocycles. The van der Waals surface area contributed by atoms with Crippen LogP contribution in [-0.4, -0.2) is 33.8 Å². The zero-order valence-electron chi connectivity index (χ0n) is 14.5. The Bertz CT molecular complexity index is 738. The summed E-state index contributed by atoms with van der Waals surface area (Å²) in [5.74, 6) is 0.181. The molecule has 1 fully saturated rings. The van der Waals surface area contributed by atoms with E-state index in [9.17, 15) is 9.90 Å². The van der Waals surface area contributed by atoms with E-state index < -0.39 is 0 Å². The Morgan fingerprint density at radius 1 is 1.42 bits per heavy atom. The Balaban J connectivity index is 1.95. The van der Waals surface area contributed by atoms with Crippen LogP contribution in [0.5, 0.6) is 0 Å². The van der Waals surface area contributed by atoms with Crippen molar-refractivity contribution in [3.63, 3.8) is 0 Å². The molecule has 130 valence electrons. The van der Waals surface area contributed by atoms with Crippen LogP contribution in [0.15, 0.2) is 10.6 Å². The van der Waals surface area contributed by atoms with Crippen LogP contribution in [0.4, 0.5) is 0 Å². The average molecular weight is 331 g/mol. The van der Waals surface area contributed by atoms with Gasteiger partial charge in [0.15, 0.2) is 0 Å². The quantitative estimate of drug-likeness (QED) is 0.899. The molecule has 0 aromatic carbocycles. The largest absolute Gasteiger partial charge is 0.396 e. The van der Waals surface area contributed by atoms with Crippen molar-refractivity contribution in [1.29, 1.82) is 0 Å². The van der Waals surface area contributed by atoms with Crippen LogP contribution in [0.2, 0.25) is 0 Å². The molecule has 6 nitrogen and oxygen atoms in total. The third kappa shape index (κ3) is 3.15. The fourth-order valence-corrected chi connectivity index (χ4v) is 3.45. The molecule has 0 saturated heterocycles. The predicted molar refractivity (Wildman–Crippen MR) is 90.9 cm³/mol. The first-order valence-electron chi connectivity index (χ1n) is 8.70. The minimum Gasteiger partial charge on any atom is -0.396 e. The summed E-state index contributed by atoms with van der Waals surface area (Å²) < 4.78 is 5.28. The summed E-state index contributed by atoms with van der Waals surface area (Å²) in [7, 11) is 0. The molecular weight excluding hydrogens is 306 g/mol. The van der Waals surface area contributed by atoms with Gasteiger partial charge in [-0.25, -0.2) is 4.98 Å². The van der Waals surface area contributed by atoms with E-state index >= 15 is 0 Å². The first-order valence-corrected chi connectivity index (χ1v) is 8.70. The van der Waals surface area contributed by atoms with E-state index in [0.29, 0.717) is 22.4 Å². The maximum atomic E-state index is 12.9. The van der Waals surface area contributed by atoms with Crippen LogP contribution in [0.25, 0.3) is 11.1 Å². The lowest BCUT2D eigenvalue weighted by molar-refractivity contribution is 0.0874. The van der Waals surface area contributed by atoms with Gasteiger partial charge in [-0.05, 0) is 31.7 Å². The van der Waals surface area contributed by atoms with Gasteiger partial charge in [-0.3, -0.25) is 4.79 Å². The number of carbonyl (C=O) groups is 1. The zero-order chi connectivity index (χ0) is 17.3. The third-order valence-corrected chi connectivity index (χ3v) is 4.93. The van der Waals surface area contributed by atoms with Gasteiger partial charge in [0.2, 0.25) is 0 Å². The SMILES string of the molecule is Cc1noc2nc(C(C)C)cc(C(=O)N[C@@H]3CCCC[C@@H]3CO)c12. The normalized spacial score (nSPS) is 21.4. The highest BCUT2D eigenvalue weighted by molar-refractivity contribution is 6.06. The molecule has 2 atom stereocenters. The minimum absolute atomic E-state index is 0.0159. The first kappa shape index (κ1) is 16.9. The van der Waals surface area contributed by atoms with Gasteiger partial charge in [-0.1, -0.05) is 31.8 Å². The van der Waals surface area contributed by atoms with Crippen molar-refractivity contribution < 1.29 is 14.4 Å². The average Bonchev–Trinajstić information content (AvgIpc) is 2.95. The second kappa shape index (κ2) is 6.89. The lowest BCUT2D eigenvalue weighted by Gasteiger charge is -2.31. The molecule has 0 unspecified atom stereocenters. The van der Waals surface area contributed by atoms with Gasteiger partial charge in [-0.15, -0.1) is 0 Å². The van der Waals surface area contributed by atoms with E-state index in [1.807, 2.05) is 26.8 Å². The maximum Gasteiger partial charge on any atom is 0.259 e. The number of nitrogens with one attached hydrogen (secondary N) is 1. The summed E-state index contributed by atoms with van der Waals surface area (Å²) in [6.07, 6.45) is 4.05. The first-order chi connectivity index (χ1) is 11.5. The van der Waals surface area contributed by atoms with E-state index in [4.69, 9.17) is 4.52 Å². The number of hydrogen-bond acceptors (Lipinski definition) is 5. The van der Waals surface area contributed by atoms with Crippen molar-refractivity contribution in [3.05, 3.63) is 23.0 Å². The van der Waals surface area contributed by atoms with Crippen LogP contribution >= 0.6 is 0 Å². The van der Waals surface area contributed by atoms with E-state index in [2.05, 4.69) is 15.5 Å². The van der Waals surface area contributed by atoms with E-state index in [0.717, 1.165) is 31.4 Å². The molecular formula is C18H25N3O3. The molecule has 0 spiro atoms. The molecule has 2 aromatic rings. The monoisotopic (exact) mass is 331 g/mol. The van der Waals surface area contributed by atoms with Crippen molar-refractivity contribution in [2.75, 3.05) is 6.61 Å². The third-order valence-electron chi connectivity index (χ3n) is 4.93. The second-order valence-corrected chi connectivity index (χ2v) is 7.00. The number of rotatable bonds is 4. The van der Waals surface area contributed by atoms with Gasteiger partial charge in [0.25, 0.3) is 11.6 Å². The van der Waals surface area contributed by atoms with Crippen molar-refractivity contribution in [2.45, 2.75) is 58.4 Å². The van der Waals surface area contributed by atoms with Gasteiger partial charge in [0, 0.05) is 24.3 Å². The molecule has 1 aliphatic carbocycles. The highest BCUT2D eigenvalue weighted by Crippen LogP contribution is 2.27. The topological polar surface area (TPSA) is 88.2 Å². The molecule has 3 rings (SSSR count). The number of pyridine rings is 1. The summed E-state index contributed by atoms with van der Waals surface area (Å²) in [6.45, 7) is 5.99. The number of aliphatic hydroxyl groups excluding tert-OH is 1. The molecule has 0 radical (unpaired) electrons. The van der Waals surface area contributed by atoms with Crippen molar-refractivity contribution in [2.24, 2.45) is 5.92 Å². The minimum atomic E-state index is -0.138. The van der Waals surface area contributed by atoms with Crippen LogP contribution in [0.3, 0.4) is 0 Å². The highest BCUT2D eigenvalue weighted by atomic mass is 16.5. The van der Waals surface area contributed by atoms with Crippen molar-refractivity contribution in [3.8, 4) is 0 Å². The van der Waals surface area contributed by atoms with Crippen molar-refractivity contribution >= 4 is 17.0 Å². The van der Waals surface area contributed by atoms with Crippen LogP contribution < -0.4 is 5.32 Å². The summed E-state index contributed by atoms with van der Waals surface area (Å²) in [4.78, 5) is 17.4. The van der Waals surface area contributed by atoms with Crippen LogP contribution in [-0.2, 0) is 0 Å². The van der Waals surface area contributed by atoms with Crippen molar-refractivity contribution in [1.82, 2.24) is 15.5 Å². The molecule has 1 aliphatic rings. The molecule has 0 bridgehead atoms. The molecule has 2 N–H and O–H groups in total. The Morgan fingerprint density at radius 3 is 2.88 bits per heavy atom. The maximum absolute atomic E-state index is 12.9. The smallest absolute Gasteiger partial charge is 0.259 e. The Labute approximate surface area is 141 Å². The van der Waals surface area contributed by atoms with Gasteiger partial charge in [0.05, 0.1) is 16.6 Å². The van der Waals surface area contributed by atoms with Gasteiger partial charge in [-0.2, -0.15) is 0 Å². The van der Waals surface area contributed by atoms with E-state index in [1.165, 1.54) is 0 Å². The fraction of sp³-hybridized carbons (Fsp3) is 0.611. The highest BCUT2D eigenvalue weighted by Gasteiger charge is 2.28. The molecule has 24 heavy (non-hydrogen) atoms. The van der Waals surface area contributed by atoms with Crippen LogP contribution in [0, 0.1) is 12.8 Å². The molecule has 6 heteroatoms. The number of carbonyl (C=O) groups excluding carboxylic acids is 1. The lowest BCUT2D eigenvalue weighted by atomic mass is 9.85. The number of aromatic nitrogens is 2. The number of amides is 1. The number of aryl methyl sites for hydroxylation is 1. The number of hydrogen-bond donors (Lipinski definition) is 2. The van der Waals surface area contributed by atoms with Gasteiger partial charge >= 0.3 is 0 Å². The molecule has 1 amide bonds. The standard InChI is InChI=1S/C18H25N3O3/c1-10(2)15-8-13(16-11(3)21-24-18(16)20-15)17(23)19-14-7-5-4-6-12(14)9-22/h8,10,12,14,22H,4-7,9H2,1-3H3,(H,19,23)/t12-,14-/m1/s1. The second-order valence-electron chi connectivity index (χ2n) is 7.00. The summed E-state index contributed by atoms with van der Waals surface area (Å²) >= 11 is 0. The number of fused-ring (bicyclic) bond motifs is 1. The summed E-state index contributed by atoms with van der Waals surface area (Å²) in [5.41, 5.74) is 2.45. The van der Waals surface area contributed by atoms with E-state index in [1.54, 1.807) is 0 Å². The molecule has 1 saturated carbocycles. The lowest BCUT2D eigenvalue weighted by Crippen LogP contribution is -2.43. The van der Waals surface area contributed by atoms with E-state index in [-0.39, 0.29) is 30.4 Å². The molecule has 2 aromatic heterocycles. The Kier molecular flexibility index (Phi) is 4.85. The van der Waals surface area contributed by atoms with Gasteiger partial charge < -0.3 is 14.9 Å². The summed E-state index contributed by atoms with van der Waals surface area (Å²) in [5, 5.41) is 17.3. The Morgan fingerprint density at radius 2 is 2.17 bits per heavy atom. The number of nitrogens with zero attached hydrogens (tertiary/aromatic N) is 2. The molecule has 2 heterocycles. The Hall–Kier alpha value is -1.95. The zero-order valence-corrected chi connectivity index (χ0v) is 14.5. The van der Waals surface area contributed by atoms with Crippen LogP contribution in [0.1, 0.15) is 67.2 Å². The fourth-order valence-electron chi connectivity index (χ4n) is 3.45. The predicted octanol–water partition coefficient (Wildman–Crippen LogP) is 2.94.